The van der Waals surface area contributed by atoms with E-state index in [0.717, 1.165) is 45.2 Å². The first-order chi connectivity index (χ1) is 9.66. The van der Waals surface area contributed by atoms with Crippen molar-refractivity contribution in [2.24, 2.45) is 5.92 Å². The highest BCUT2D eigenvalue weighted by Crippen LogP contribution is 2.27. The van der Waals surface area contributed by atoms with Gasteiger partial charge in [0.1, 0.15) is 0 Å². The molecule has 0 saturated heterocycles. The minimum Gasteiger partial charge on any atom is -0.380 e. The summed E-state index contributed by atoms with van der Waals surface area (Å²) in [6, 6.07) is 6.82. The van der Waals surface area contributed by atoms with Crippen molar-refractivity contribution in [2.75, 3.05) is 38.3 Å². The van der Waals surface area contributed by atoms with Crippen molar-refractivity contribution >= 4 is 5.69 Å². The molecule has 0 unspecified atom stereocenters. The molecule has 0 saturated carbocycles. The SMILES string of the molecule is CC(C)CCOCCNCc1ccc2c(c1)CCN2C. The molecule has 1 heterocycles. The molecule has 1 N–H and O–H groups in total. The summed E-state index contributed by atoms with van der Waals surface area (Å²) in [6.07, 6.45) is 2.33. The van der Waals surface area contributed by atoms with E-state index in [-0.39, 0.29) is 0 Å². The lowest BCUT2D eigenvalue weighted by atomic mass is 10.1. The summed E-state index contributed by atoms with van der Waals surface area (Å²) in [6.45, 7) is 9.15. The maximum absolute atomic E-state index is 5.60. The van der Waals surface area contributed by atoms with Crippen molar-refractivity contribution in [3.63, 3.8) is 0 Å². The van der Waals surface area contributed by atoms with E-state index in [1.165, 1.54) is 23.2 Å². The number of fused-ring (bicyclic) bond motifs is 1. The van der Waals surface area contributed by atoms with Crippen LogP contribution in [0.5, 0.6) is 0 Å². The van der Waals surface area contributed by atoms with E-state index < -0.39 is 0 Å². The molecule has 1 aromatic rings. The summed E-state index contributed by atoms with van der Waals surface area (Å²) in [5, 5.41) is 3.45. The largest absolute Gasteiger partial charge is 0.380 e. The van der Waals surface area contributed by atoms with Crippen LogP contribution in [0.15, 0.2) is 18.2 Å². The van der Waals surface area contributed by atoms with Crippen LogP contribution in [0.3, 0.4) is 0 Å². The fourth-order valence-corrected chi connectivity index (χ4v) is 2.53. The summed E-state index contributed by atoms with van der Waals surface area (Å²) in [7, 11) is 2.16. The predicted molar refractivity (Wildman–Crippen MR) is 85.4 cm³/mol. The third kappa shape index (κ3) is 4.50. The molecule has 0 bridgehead atoms. The molecule has 0 radical (unpaired) electrons. The number of nitrogens with one attached hydrogen (secondary N) is 1. The highest BCUT2D eigenvalue weighted by molar-refractivity contribution is 5.58. The van der Waals surface area contributed by atoms with Crippen molar-refractivity contribution in [2.45, 2.75) is 33.2 Å². The summed E-state index contributed by atoms with van der Waals surface area (Å²) in [5.74, 6) is 0.729. The summed E-state index contributed by atoms with van der Waals surface area (Å²) in [5.41, 5.74) is 4.26. The van der Waals surface area contributed by atoms with Gasteiger partial charge in [0.15, 0.2) is 0 Å². The van der Waals surface area contributed by atoms with Crippen LogP contribution in [0.2, 0.25) is 0 Å². The molecule has 0 aliphatic carbocycles. The standard InChI is InChI=1S/C17H28N2O/c1-14(2)7-10-20-11-8-18-13-15-4-5-17-16(12-15)6-9-19(17)3/h4-5,12,14,18H,6-11,13H2,1-3H3. The van der Waals surface area contributed by atoms with Crippen LogP contribution in [0, 0.1) is 5.92 Å². The van der Waals surface area contributed by atoms with Crippen LogP contribution in [0.4, 0.5) is 5.69 Å². The third-order valence-corrected chi connectivity index (χ3v) is 3.86. The first-order valence-corrected chi connectivity index (χ1v) is 7.78. The average molecular weight is 276 g/mol. The van der Waals surface area contributed by atoms with Gasteiger partial charge in [0.2, 0.25) is 0 Å². The van der Waals surface area contributed by atoms with Gasteiger partial charge in [0.05, 0.1) is 6.61 Å². The lowest BCUT2D eigenvalue weighted by molar-refractivity contribution is 0.125. The quantitative estimate of drug-likeness (QED) is 0.739. The molecule has 112 valence electrons. The second-order valence-electron chi connectivity index (χ2n) is 6.11. The summed E-state index contributed by atoms with van der Waals surface area (Å²) in [4.78, 5) is 2.33. The van der Waals surface area contributed by atoms with Gasteiger partial charge in [-0.3, -0.25) is 0 Å². The highest BCUT2D eigenvalue weighted by atomic mass is 16.5. The van der Waals surface area contributed by atoms with Crippen LogP contribution in [0.1, 0.15) is 31.4 Å². The third-order valence-electron chi connectivity index (χ3n) is 3.86. The summed E-state index contributed by atoms with van der Waals surface area (Å²) >= 11 is 0. The van der Waals surface area contributed by atoms with Gasteiger partial charge in [-0.15, -0.1) is 0 Å². The molecule has 2 rings (SSSR count). The van der Waals surface area contributed by atoms with Crippen LogP contribution < -0.4 is 10.2 Å². The number of rotatable bonds is 8. The summed E-state index contributed by atoms with van der Waals surface area (Å²) < 4.78 is 5.60. The van der Waals surface area contributed by atoms with Crippen LogP contribution in [-0.4, -0.2) is 33.4 Å². The molecule has 3 heteroatoms. The van der Waals surface area contributed by atoms with Crippen LogP contribution in [-0.2, 0) is 17.7 Å². The fourth-order valence-electron chi connectivity index (χ4n) is 2.53. The Bertz CT molecular complexity index is 417. The number of hydrogen-bond donors (Lipinski definition) is 1. The van der Waals surface area contributed by atoms with E-state index in [2.05, 4.69) is 49.3 Å². The molecular weight excluding hydrogens is 248 g/mol. The van der Waals surface area contributed by atoms with Crippen molar-refractivity contribution < 1.29 is 4.74 Å². The second-order valence-corrected chi connectivity index (χ2v) is 6.11. The number of ether oxygens (including phenoxy) is 1. The molecule has 0 amide bonds. The molecule has 1 aliphatic rings. The van der Waals surface area contributed by atoms with Gasteiger partial charge in [-0.05, 0) is 36.0 Å². The Morgan fingerprint density at radius 3 is 2.95 bits per heavy atom. The Morgan fingerprint density at radius 2 is 2.15 bits per heavy atom. The maximum atomic E-state index is 5.60. The van der Waals surface area contributed by atoms with Gasteiger partial charge in [-0.25, -0.2) is 0 Å². The zero-order valence-electron chi connectivity index (χ0n) is 13.1. The van der Waals surface area contributed by atoms with E-state index >= 15 is 0 Å². The van der Waals surface area contributed by atoms with E-state index in [9.17, 15) is 0 Å². The van der Waals surface area contributed by atoms with E-state index in [4.69, 9.17) is 4.74 Å². The maximum Gasteiger partial charge on any atom is 0.0591 e. The number of anilines is 1. The number of benzene rings is 1. The number of nitrogens with zero attached hydrogens (tertiary/aromatic N) is 1. The monoisotopic (exact) mass is 276 g/mol. The van der Waals surface area contributed by atoms with Gasteiger partial charge in [-0.1, -0.05) is 26.0 Å². The number of likely N-dealkylation sites (N-methyl/N-ethyl adjacent to an activating group) is 1. The Labute approximate surface area is 123 Å². The molecule has 3 nitrogen and oxygen atoms in total. The van der Waals surface area contributed by atoms with Crippen molar-refractivity contribution in [1.82, 2.24) is 5.32 Å². The minimum atomic E-state index is 0.729. The predicted octanol–water partition coefficient (Wildman–Crippen LogP) is 2.83. The molecule has 1 aromatic carbocycles. The fraction of sp³-hybridized carbons (Fsp3) is 0.647. The van der Waals surface area contributed by atoms with Gasteiger partial charge in [0, 0.05) is 39.0 Å². The Balaban J connectivity index is 1.63. The van der Waals surface area contributed by atoms with Crippen molar-refractivity contribution in [3.05, 3.63) is 29.3 Å². The van der Waals surface area contributed by atoms with E-state index in [1.807, 2.05) is 0 Å². The lowest BCUT2D eigenvalue weighted by Crippen LogP contribution is -2.19. The van der Waals surface area contributed by atoms with Crippen LogP contribution in [0.25, 0.3) is 0 Å². The molecule has 0 aromatic heterocycles. The normalized spacial score (nSPS) is 14.1. The highest BCUT2D eigenvalue weighted by Gasteiger charge is 2.15. The molecule has 1 aliphatic heterocycles. The molecule has 0 fully saturated rings. The minimum absolute atomic E-state index is 0.729. The second kappa shape index (κ2) is 7.65. The van der Waals surface area contributed by atoms with E-state index in [1.54, 1.807) is 0 Å². The Kier molecular flexibility index (Phi) is 5.86. The van der Waals surface area contributed by atoms with Crippen LogP contribution >= 0.6 is 0 Å². The zero-order valence-corrected chi connectivity index (χ0v) is 13.1. The Morgan fingerprint density at radius 1 is 1.30 bits per heavy atom. The first kappa shape index (κ1) is 15.3. The molecule has 0 spiro atoms. The van der Waals surface area contributed by atoms with Crippen molar-refractivity contribution in [3.8, 4) is 0 Å². The van der Waals surface area contributed by atoms with Gasteiger partial charge < -0.3 is 15.0 Å². The lowest BCUT2D eigenvalue weighted by Gasteiger charge is -2.12. The molecular formula is C17H28N2O. The van der Waals surface area contributed by atoms with Gasteiger partial charge in [0.25, 0.3) is 0 Å². The van der Waals surface area contributed by atoms with Gasteiger partial charge >= 0.3 is 0 Å². The Hall–Kier alpha value is -1.06. The van der Waals surface area contributed by atoms with E-state index in [0.29, 0.717) is 0 Å². The zero-order chi connectivity index (χ0) is 14.4. The average Bonchev–Trinajstić information content (AvgIpc) is 2.78. The first-order valence-electron chi connectivity index (χ1n) is 7.78. The molecule has 0 atom stereocenters. The molecule has 20 heavy (non-hydrogen) atoms. The topological polar surface area (TPSA) is 24.5 Å². The van der Waals surface area contributed by atoms with Crippen molar-refractivity contribution in [1.29, 1.82) is 0 Å². The smallest absolute Gasteiger partial charge is 0.0591 e. The van der Waals surface area contributed by atoms with Gasteiger partial charge in [-0.2, -0.15) is 0 Å². The number of hydrogen-bond acceptors (Lipinski definition) is 3.